The van der Waals surface area contributed by atoms with Crippen molar-refractivity contribution in [3.05, 3.63) is 60.9 Å². The fraction of sp³-hybridized carbons (Fsp3) is 0. The van der Waals surface area contributed by atoms with Gasteiger partial charge in [0.15, 0.2) is 11.6 Å². The van der Waals surface area contributed by atoms with Crippen LogP contribution < -0.4 is 88.7 Å². The Morgan fingerprint density at radius 2 is 0.914 bits per heavy atom. The molecule has 2 aromatic heterocycles. The van der Waals surface area contributed by atoms with E-state index in [1.165, 1.54) is 60.9 Å². The van der Waals surface area contributed by atoms with Crippen molar-refractivity contribution in [1.29, 1.82) is 0 Å². The van der Waals surface area contributed by atoms with Gasteiger partial charge in [0.25, 0.3) is 0 Å². The average molecular weight is 541 g/mol. The number of azo groups is 1. The van der Waals surface area contributed by atoms with E-state index in [4.69, 9.17) is 0 Å². The zero-order chi connectivity index (χ0) is 22.9. The van der Waals surface area contributed by atoms with Gasteiger partial charge < -0.3 is 9.11 Å². The van der Waals surface area contributed by atoms with Gasteiger partial charge in [0.05, 0.1) is 22.2 Å². The molecule has 0 aliphatic rings. The molecule has 12 nitrogen and oxygen atoms in total. The van der Waals surface area contributed by atoms with E-state index in [0.29, 0.717) is 22.3 Å². The van der Waals surface area contributed by atoms with Gasteiger partial charge >= 0.3 is 88.7 Å². The normalized spacial score (nSPS) is 11.4. The second-order valence-electron chi connectivity index (χ2n) is 6.42. The Bertz CT molecular complexity index is 1400. The van der Waals surface area contributed by atoms with Crippen LogP contribution in [0.4, 0.5) is 11.6 Å². The van der Waals surface area contributed by atoms with Crippen LogP contribution in [0.25, 0.3) is 22.3 Å². The summed E-state index contributed by atoms with van der Waals surface area (Å²) >= 11 is 0. The number of H-pyrrole nitrogens is 2. The molecule has 0 amide bonds. The van der Waals surface area contributed by atoms with Gasteiger partial charge in [-0.1, -0.05) is 24.3 Å². The molecule has 164 valence electrons. The van der Waals surface area contributed by atoms with Crippen LogP contribution in [0.2, 0.25) is 0 Å². The number of aromatic nitrogens is 4. The van der Waals surface area contributed by atoms with Crippen molar-refractivity contribution in [2.75, 3.05) is 0 Å². The second kappa shape index (κ2) is 13.2. The van der Waals surface area contributed by atoms with Crippen molar-refractivity contribution < 1.29 is 115 Å². The van der Waals surface area contributed by atoms with Gasteiger partial charge in [0, 0.05) is 11.1 Å². The number of aromatic amines is 2. The summed E-state index contributed by atoms with van der Waals surface area (Å²) in [5.41, 5.74) is 2.13. The molecular weight excluding hydrogens is 529 g/mol. The van der Waals surface area contributed by atoms with Crippen molar-refractivity contribution in [1.82, 2.24) is 20.4 Å². The topological polar surface area (TPSA) is 196 Å². The molecule has 0 bridgehead atoms. The molecule has 0 unspecified atom stereocenters. The van der Waals surface area contributed by atoms with Gasteiger partial charge in [0.2, 0.25) is 0 Å². The third kappa shape index (κ3) is 7.88. The summed E-state index contributed by atoms with van der Waals surface area (Å²) in [7, 11) is -9.12. The van der Waals surface area contributed by atoms with E-state index in [2.05, 4.69) is 30.6 Å². The Hall–Kier alpha value is -0.720. The first-order valence-electron chi connectivity index (χ1n) is 8.74. The third-order valence-corrected chi connectivity index (χ3v) is 6.10. The van der Waals surface area contributed by atoms with E-state index < -0.39 is 20.2 Å². The molecule has 0 aliphatic heterocycles. The predicted octanol–water partition coefficient (Wildman–Crippen LogP) is -6.30. The largest absolute Gasteiger partial charge is 1.00 e. The molecule has 0 atom stereocenters. The molecule has 2 aromatic carbocycles. The predicted molar refractivity (Wildman–Crippen MR) is 108 cm³/mol. The average Bonchev–Trinajstić information content (AvgIpc) is 3.40. The van der Waals surface area contributed by atoms with Crippen molar-refractivity contribution in [3.63, 3.8) is 0 Å². The Balaban J connectivity index is 0.00000204. The fourth-order valence-corrected chi connectivity index (χ4v) is 3.77. The Morgan fingerprint density at radius 1 is 0.600 bits per heavy atom. The van der Waals surface area contributed by atoms with Crippen LogP contribution in [0.1, 0.15) is 0 Å². The van der Waals surface area contributed by atoms with Crippen LogP contribution in [-0.2, 0) is 20.2 Å². The summed E-state index contributed by atoms with van der Waals surface area (Å²) in [6.45, 7) is 0. The Labute approximate surface area is 266 Å². The van der Waals surface area contributed by atoms with E-state index in [1.807, 2.05) is 0 Å². The summed E-state index contributed by atoms with van der Waals surface area (Å²) in [5.74, 6) is 0.521. The molecule has 0 spiro atoms. The van der Waals surface area contributed by atoms with Gasteiger partial charge in [-0.05, 0) is 35.4 Å². The number of nitrogens with zero attached hydrogens (tertiary/aromatic N) is 4. The molecule has 2 heterocycles. The van der Waals surface area contributed by atoms with Crippen molar-refractivity contribution in [2.24, 2.45) is 10.2 Å². The Kier molecular flexibility index (Phi) is 12.2. The molecule has 4 aromatic rings. The molecule has 2 N–H and O–H groups in total. The monoisotopic (exact) mass is 541 g/mol. The molecule has 0 saturated heterocycles. The first-order valence-corrected chi connectivity index (χ1v) is 11.6. The van der Waals surface area contributed by atoms with Gasteiger partial charge in [-0.3, -0.25) is 10.2 Å². The second-order valence-corrected chi connectivity index (χ2v) is 9.18. The van der Waals surface area contributed by atoms with Gasteiger partial charge in [0.1, 0.15) is 20.2 Å². The minimum absolute atomic E-state index is 0. The van der Waals surface area contributed by atoms with E-state index in [0.717, 1.165) is 0 Å². The van der Waals surface area contributed by atoms with E-state index in [1.54, 1.807) is 0 Å². The summed E-state index contributed by atoms with van der Waals surface area (Å²) in [6, 6.07) is 10.5. The zero-order valence-electron chi connectivity index (χ0n) is 18.8. The number of hydrogen-bond acceptors (Lipinski definition) is 10. The van der Waals surface area contributed by atoms with Crippen molar-refractivity contribution >= 4 is 31.9 Å². The van der Waals surface area contributed by atoms with Crippen LogP contribution in [0, 0.1) is 0 Å². The number of nitrogens with one attached hydrogen (secondary N) is 2. The number of hydrogen-bond donors (Lipinski definition) is 2. The summed E-state index contributed by atoms with van der Waals surface area (Å²) < 4.78 is 66.5. The van der Waals surface area contributed by atoms with Crippen LogP contribution in [-0.4, -0.2) is 46.3 Å². The third-order valence-electron chi connectivity index (χ3n) is 4.40. The first-order chi connectivity index (χ1) is 15.1. The number of rotatable bonds is 6. The molecular formula is C18H12N6Na3O6S2+. The minimum atomic E-state index is -4.56. The minimum Gasteiger partial charge on any atom is -0.744 e. The Morgan fingerprint density at radius 3 is 1.20 bits per heavy atom. The summed E-state index contributed by atoms with van der Waals surface area (Å²) in [5, 5.41) is 21.4. The SMILES string of the molecule is O=S(=O)([O-])c1ccc(-c2cn[nH]c2N=Nc2[nH]ncc2-c2ccc(S(=O)(=O)[O-])cc2)cc1.[Na+].[Na+].[Na+]. The molecule has 35 heavy (non-hydrogen) atoms. The molecule has 4 rings (SSSR count). The molecule has 0 radical (unpaired) electrons. The molecule has 17 heteroatoms. The van der Waals surface area contributed by atoms with Crippen LogP contribution in [0.5, 0.6) is 0 Å². The fourth-order valence-electron chi connectivity index (χ4n) is 2.84. The maximum Gasteiger partial charge on any atom is 1.00 e. The van der Waals surface area contributed by atoms with Crippen molar-refractivity contribution in [3.8, 4) is 22.3 Å². The smallest absolute Gasteiger partial charge is 0.744 e. The van der Waals surface area contributed by atoms with Gasteiger partial charge in [-0.2, -0.15) is 10.2 Å². The molecule has 0 saturated carbocycles. The first kappa shape index (κ1) is 32.3. The van der Waals surface area contributed by atoms with Crippen LogP contribution >= 0.6 is 0 Å². The standard InChI is InChI=1S/C18H14N6O6S2.3Na/c25-31(26,27)13-5-1-11(2-6-13)15-9-19-21-17(15)23-24-18-16(10-20-22-18)12-3-7-14(8-4-12)32(28,29)30;;;/h1-10H,(H,19,21)(H,20,22)(H,25,26,27)(H,28,29,30);;;/q;3*+1/p-2. The zero-order valence-corrected chi connectivity index (χ0v) is 26.5. The van der Waals surface area contributed by atoms with Crippen LogP contribution in [0.3, 0.4) is 0 Å². The maximum absolute atomic E-state index is 11.1. The summed E-state index contributed by atoms with van der Waals surface area (Å²) in [6.07, 6.45) is 2.93. The quantitative estimate of drug-likeness (QED) is 0.137. The van der Waals surface area contributed by atoms with Crippen molar-refractivity contribution in [2.45, 2.75) is 9.79 Å². The van der Waals surface area contributed by atoms with E-state index >= 15 is 0 Å². The van der Waals surface area contributed by atoms with Gasteiger partial charge in [-0.25, -0.2) is 16.8 Å². The maximum atomic E-state index is 11.1. The summed E-state index contributed by atoms with van der Waals surface area (Å²) in [4.78, 5) is -0.711. The molecule has 0 fully saturated rings. The van der Waals surface area contributed by atoms with E-state index in [9.17, 15) is 25.9 Å². The van der Waals surface area contributed by atoms with Gasteiger partial charge in [-0.15, -0.1) is 10.2 Å². The molecule has 0 aliphatic carbocycles. The van der Waals surface area contributed by atoms with Crippen LogP contribution in [0.15, 0.2) is 80.9 Å². The van der Waals surface area contributed by atoms with E-state index in [-0.39, 0.29) is 110 Å². The number of benzene rings is 2.